The van der Waals surface area contributed by atoms with E-state index in [9.17, 15) is 19.1 Å². The SMILES string of the molecule is C=C[C@@H](O)C(C)(F)C(=O)N1C(=O)OC[C@@H]1C(C)C. The average molecular weight is 259 g/mol. The summed E-state index contributed by atoms with van der Waals surface area (Å²) in [5.41, 5.74) is -2.60. The number of carbonyl (C=O) groups is 2. The summed E-state index contributed by atoms with van der Waals surface area (Å²) in [5.74, 6) is -1.16. The molecule has 0 aromatic rings. The van der Waals surface area contributed by atoms with Crippen LogP contribution in [0.2, 0.25) is 0 Å². The monoisotopic (exact) mass is 259 g/mol. The number of imide groups is 1. The van der Waals surface area contributed by atoms with Gasteiger partial charge in [-0.3, -0.25) is 4.79 Å². The fraction of sp³-hybridized carbons (Fsp3) is 0.667. The highest BCUT2D eigenvalue weighted by Crippen LogP contribution is 2.27. The van der Waals surface area contributed by atoms with Crippen LogP contribution in [0.25, 0.3) is 0 Å². The minimum atomic E-state index is -2.60. The number of ether oxygens (including phenoxy) is 1. The van der Waals surface area contributed by atoms with Gasteiger partial charge in [-0.25, -0.2) is 14.1 Å². The number of hydrogen-bond acceptors (Lipinski definition) is 4. The first-order chi connectivity index (χ1) is 8.23. The minimum Gasteiger partial charge on any atom is -0.447 e. The maximum absolute atomic E-state index is 14.2. The van der Waals surface area contributed by atoms with Crippen LogP contribution in [0.15, 0.2) is 12.7 Å². The zero-order valence-corrected chi connectivity index (χ0v) is 10.7. The molecule has 2 amide bonds. The molecule has 0 aliphatic carbocycles. The number of aliphatic hydroxyl groups excluding tert-OH is 1. The molecule has 1 unspecified atom stereocenters. The average Bonchev–Trinajstić information content (AvgIpc) is 2.68. The molecule has 1 N–H and O–H groups in total. The number of cyclic esters (lactones) is 1. The summed E-state index contributed by atoms with van der Waals surface area (Å²) >= 11 is 0. The Morgan fingerprint density at radius 1 is 1.72 bits per heavy atom. The van der Waals surface area contributed by atoms with Gasteiger partial charge in [-0.15, -0.1) is 6.58 Å². The van der Waals surface area contributed by atoms with Crippen molar-refractivity contribution in [3.05, 3.63) is 12.7 Å². The highest BCUT2D eigenvalue weighted by atomic mass is 19.1. The standard InChI is InChI=1S/C12H18FNO4/c1-5-9(15)12(4,13)10(16)14-8(7(2)3)6-18-11(14)17/h5,7-9,15H,1,6H2,2-4H3/t8-,9-,12?/m1/s1. The van der Waals surface area contributed by atoms with Crippen LogP contribution in [0.3, 0.4) is 0 Å². The zero-order valence-electron chi connectivity index (χ0n) is 10.7. The van der Waals surface area contributed by atoms with E-state index in [-0.39, 0.29) is 12.5 Å². The Morgan fingerprint density at radius 3 is 2.72 bits per heavy atom. The second-order valence-corrected chi connectivity index (χ2v) is 4.82. The largest absolute Gasteiger partial charge is 0.447 e. The molecule has 1 rings (SSSR count). The van der Waals surface area contributed by atoms with Crippen molar-refractivity contribution in [2.24, 2.45) is 5.92 Å². The Kier molecular flexibility index (Phi) is 4.11. The number of hydrogen-bond donors (Lipinski definition) is 1. The zero-order chi connectivity index (χ0) is 14.1. The first-order valence-electron chi connectivity index (χ1n) is 5.73. The molecule has 1 aliphatic heterocycles. The second kappa shape index (κ2) is 5.06. The van der Waals surface area contributed by atoms with E-state index in [1.54, 1.807) is 13.8 Å². The Morgan fingerprint density at radius 2 is 2.28 bits per heavy atom. The third-order valence-corrected chi connectivity index (χ3v) is 3.09. The lowest BCUT2D eigenvalue weighted by atomic mass is 9.97. The van der Waals surface area contributed by atoms with Crippen LogP contribution >= 0.6 is 0 Å². The van der Waals surface area contributed by atoms with Crippen molar-refractivity contribution < 1.29 is 23.8 Å². The summed E-state index contributed by atoms with van der Waals surface area (Å²) < 4.78 is 19.0. The van der Waals surface area contributed by atoms with Gasteiger partial charge >= 0.3 is 6.09 Å². The minimum absolute atomic E-state index is 0.0442. The summed E-state index contributed by atoms with van der Waals surface area (Å²) in [6.45, 7) is 7.79. The van der Waals surface area contributed by atoms with Crippen LogP contribution in [0.4, 0.5) is 9.18 Å². The van der Waals surface area contributed by atoms with Crippen molar-refractivity contribution in [1.82, 2.24) is 4.90 Å². The Balaban J connectivity index is 3.01. The van der Waals surface area contributed by atoms with E-state index >= 15 is 0 Å². The van der Waals surface area contributed by atoms with Crippen LogP contribution in [-0.2, 0) is 9.53 Å². The Bertz CT molecular complexity index is 367. The number of halogens is 1. The van der Waals surface area contributed by atoms with E-state index in [1.807, 2.05) is 0 Å². The van der Waals surface area contributed by atoms with Crippen LogP contribution in [0, 0.1) is 5.92 Å². The van der Waals surface area contributed by atoms with E-state index < -0.39 is 29.8 Å². The number of alkyl halides is 1. The molecule has 0 aromatic carbocycles. The lowest BCUT2D eigenvalue weighted by Crippen LogP contribution is -2.54. The molecule has 18 heavy (non-hydrogen) atoms. The van der Waals surface area contributed by atoms with Crippen LogP contribution in [-0.4, -0.2) is 46.4 Å². The first-order valence-corrected chi connectivity index (χ1v) is 5.73. The summed E-state index contributed by atoms with van der Waals surface area (Å²) in [5, 5.41) is 9.43. The lowest BCUT2D eigenvalue weighted by Gasteiger charge is -2.30. The van der Waals surface area contributed by atoms with E-state index in [0.29, 0.717) is 0 Å². The van der Waals surface area contributed by atoms with Gasteiger partial charge in [0.05, 0.1) is 6.04 Å². The van der Waals surface area contributed by atoms with Gasteiger partial charge in [0.15, 0.2) is 0 Å². The van der Waals surface area contributed by atoms with Crippen molar-refractivity contribution in [1.29, 1.82) is 0 Å². The number of nitrogens with zero attached hydrogens (tertiary/aromatic N) is 1. The van der Waals surface area contributed by atoms with Crippen molar-refractivity contribution in [3.63, 3.8) is 0 Å². The Hall–Kier alpha value is -1.43. The van der Waals surface area contributed by atoms with Gasteiger partial charge in [0.2, 0.25) is 5.67 Å². The van der Waals surface area contributed by atoms with Gasteiger partial charge in [0, 0.05) is 0 Å². The first kappa shape index (κ1) is 14.6. The van der Waals surface area contributed by atoms with Crippen LogP contribution < -0.4 is 0 Å². The lowest BCUT2D eigenvalue weighted by molar-refractivity contribution is -0.146. The third kappa shape index (κ3) is 2.38. The molecule has 1 heterocycles. The van der Waals surface area contributed by atoms with Gasteiger partial charge in [-0.05, 0) is 12.8 Å². The van der Waals surface area contributed by atoms with E-state index in [4.69, 9.17) is 4.74 Å². The molecule has 3 atom stereocenters. The van der Waals surface area contributed by atoms with Crippen LogP contribution in [0.1, 0.15) is 20.8 Å². The molecular formula is C12H18FNO4. The highest BCUT2D eigenvalue weighted by molar-refractivity contribution is 5.98. The quantitative estimate of drug-likeness (QED) is 0.772. The fourth-order valence-electron chi connectivity index (χ4n) is 1.74. The molecule has 5 nitrogen and oxygen atoms in total. The number of rotatable bonds is 4. The van der Waals surface area contributed by atoms with Crippen molar-refractivity contribution >= 4 is 12.0 Å². The fourth-order valence-corrected chi connectivity index (χ4v) is 1.74. The van der Waals surface area contributed by atoms with Gasteiger partial charge < -0.3 is 9.84 Å². The summed E-state index contributed by atoms with van der Waals surface area (Å²) in [6.07, 6.45) is -1.63. The second-order valence-electron chi connectivity index (χ2n) is 4.82. The number of carbonyl (C=O) groups excluding carboxylic acids is 2. The summed E-state index contributed by atoms with van der Waals surface area (Å²) in [4.78, 5) is 24.3. The molecule has 0 bridgehead atoms. The summed E-state index contributed by atoms with van der Waals surface area (Å²) in [7, 11) is 0. The topological polar surface area (TPSA) is 66.8 Å². The molecule has 0 aromatic heterocycles. The highest BCUT2D eigenvalue weighted by Gasteiger charge is 2.50. The molecule has 102 valence electrons. The molecule has 1 saturated heterocycles. The molecule has 1 aliphatic rings. The van der Waals surface area contributed by atoms with E-state index in [1.165, 1.54) is 0 Å². The normalized spacial score (nSPS) is 24.7. The molecule has 6 heteroatoms. The predicted molar refractivity (Wildman–Crippen MR) is 62.5 cm³/mol. The maximum Gasteiger partial charge on any atom is 0.417 e. The molecule has 0 spiro atoms. The van der Waals surface area contributed by atoms with Crippen molar-refractivity contribution in [2.45, 2.75) is 38.6 Å². The van der Waals surface area contributed by atoms with Gasteiger partial charge in [-0.2, -0.15) is 0 Å². The third-order valence-electron chi connectivity index (χ3n) is 3.09. The van der Waals surface area contributed by atoms with Gasteiger partial charge in [0.25, 0.3) is 5.91 Å². The molecule has 0 radical (unpaired) electrons. The smallest absolute Gasteiger partial charge is 0.417 e. The number of aliphatic hydroxyl groups is 1. The summed E-state index contributed by atoms with van der Waals surface area (Å²) in [6, 6.07) is -0.517. The van der Waals surface area contributed by atoms with E-state index in [0.717, 1.165) is 17.9 Å². The Labute approximate surface area is 105 Å². The van der Waals surface area contributed by atoms with Gasteiger partial charge in [-0.1, -0.05) is 19.9 Å². The van der Waals surface area contributed by atoms with Crippen LogP contribution in [0.5, 0.6) is 0 Å². The molecule has 0 saturated carbocycles. The molecular weight excluding hydrogens is 241 g/mol. The maximum atomic E-state index is 14.2. The molecule has 1 fully saturated rings. The van der Waals surface area contributed by atoms with Crippen molar-refractivity contribution in [3.8, 4) is 0 Å². The predicted octanol–water partition coefficient (Wildman–Crippen LogP) is 1.26. The van der Waals surface area contributed by atoms with E-state index in [2.05, 4.69) is 6.58 Å². The van der Waals surface area contributed by atoms with Crippen molar-refractivity contribution in [2.75, 3.05) is 6.61 Å². The van der Waals surface area contributed by atoms with Gasteiger partial charge in [0.1, 0.15) is 12.7 Å². The number of amides is 2.